The molecule has 0 unspecified atom stereocenters. The zero-order valence-electron chi connectivity index (χ0n) is 15.8. The van der Waals surface area contributed by atoms with Gasteiger partial charge < -0.3 is 19.2 Å². The smallest absolute Gasteiger partial charge is 0.417 e. The van der Waals surface area contributed by atoms with E-state index in [0.717, 1.165) is 5.56 Å². The first-order valence-corrected chi connectivity index (χ1v) is 10.7. The molecule has 2 aromatic carbocycles. The molecule has 10 nitrogen and oxygen atoms in total. The number of hydrogen-bond donors (Lipinski definition) is 3. The second-order valence-corrected chi connectivity index (χ2v) is 8.41. The van der Waals surface area contributed by atoms with Crippen molar-refractivity contribution in [1.82, 2.24) is 15.0 Å². The minimum atomic E-state index is -3.78. The lowest BCUT2D eigenvalue weighted by Crippen LogP contribution is -2.27. The Bertz CT molecular complexity index is 1250. The van der Waals surface area contributed by atoms with E-state index in [4.69, 9.17) is 13.9 Å². The molecule has 0 radical (unpaired) electrons. The topological polar surface area (TPSA) is 140 Å². The van der Waals surface area contributed by atoms with E-state index in [1.165, 1.54) is 18.2 Å². The van der Waals surface area contributed by atoms with Crippen LogP contribution in [-0.2, 0) is 21.4 Å². The van der Waals surface area contributed by atoms with Gasteiger partial charge in [-0.2, -0.15) is 0 Å². The van der Waals surface area contributed by atoms with Crippen LogP contribution in [-0.4, -0.2) is 32.6 Å². The van der Waals surface area contributed by atoms with E-state index in [0.29, 0.717) is 30.0 Å². The quantitative estimate of drug-likeness (QED) is 0.454. The second kappa shape index (κ2) is 8.20. The van der Waals surface area contributed by atoms with Gasteiger partial charge in [-0.1, -0.05) is 6.07 Å². The van der Waals surface area contributed by atoms with E-state index in [9.17, 15) is 18.0 Å². The van der Waals surface area contributed by atoms with Crippen LogP contribution in [0.2, 0.25) is 0 Å². The Labute approximate surface area is 171 Å². The third-order valence-corrected chi connectivity index (χ3v) is 5.96. The maximum atomic E-state index is 12.4. The summed E-state index contributed by atoms with van der Waals surface area (Å²) >= 11 is 0. The summed E-state index contributed by atoms with van der Waals surface area (Å²) in [7, 11) is -3.78. The Morgan fingerprint density at radius 1 is 1.10 bits per heavy atom. The fourth-order valence-corrected chi connectivity index (χ4v) is 4.06. The predicted octanol–water partition coefficient (Wildman–Crippen LogP) is 1.22. The van der Waals surface area contributed by atoms with Crippen LogP contribution in [0.25, 0.3) is 11.1 Å². The van der Waals surface area contributed by atoms with Gasteiger partial charge in [0.15, 0.2) is 17.1 Å². The Morgan fingerprint density at radius 2 is 1.93 bits per heavy atom. The molecular formula is C19H19N3O7S. The third-order valence-electron chi connectivity index (χ3n) is 4.50. The number of carbonyl (C=O) groups excluding carboxylic acids is 1. The van der Waals surface area contributed by atoms with Crippen molar-refractivity contribution in [2.24, 2.45) is 0 Å². The van der Waals surface area contributed by atoms with Crippen LogP contribution in [0.5, 0.6) is 11.5 Å². The number of ether oxygens (including phenoxy) is 2. The van der Waals surface area contributed by atoms with Crippen molar-refractivity contribution in [2.75, 3.05) is 13.3 Å². The van der Waals surface area contributed by atoms with Gasteiger partial charge in [-0.15, -0.1) is 0 Å². The number of H-pyrrole nitrogens is 1. The van der Waals surface area contributed by atoms with E-state index in [2.05, 4.69) is 15.0 Å². The highest BCUT2D eigenvalue weighted by molar-refractivity contribution is 7.89. The van der Waals surface area contributed by atoms with E-state index >= 15 is 0 Å². The number of hydrogen-bond acceptors (Lipinski definition) is 7. The molecule has 0 saturated heterocycles. The second-order valence-electron chi connectivity index (χ2n) is 6.64. The van der Waals surface area contributed by atoms with Crippen molar-refractivity contribution < 1.29 is 27.1 Å². The number of oxazole rings is 1. The van der Waals surface area contributed by atoms with Crippen molar-refractivity contribution in [3.8, 4) is 11.5 Å². The van der Waals surface area contributed by atoms with Crippen LogP contribution < -0.4 is 25.3 Å². The lowest BCUT2D eigenvalue weighted by Gasteiger charge is -2.08. The van der Waals surface area contributed by atoms with Gasteiger partial charge in [-0.3, -0.25) is 9.78 Å². The molecule has 4 rings (SSSR count). The number of benzene rings is 2. The summed E-state index contributed by atoms with van der Waals surface area (Å²) in [5, 5.41) is 2.78. The molecular weight excluding hydrogens is 414 g/mol. The molecule has 11 heteroatoms. The number of rotatable bonds is 8. The van der Waals surface area contributed by atoms with Gasteiger partial charge in [0.05, 0.1) is 10.4 Å². The molecule has 0 spiro atoms. The van der Waals surface area contributed by atoms with Crippen molar-refractivity contribution in [3.63, 3.8) is 0 Å². The zero-order valence-corrected chi connectivity index (χ0v) is 16.6. The van der Waals surface area contributed by atoms with E-state index in [1.54, 1.807) is 12.1 Å². The molecule has 3 N–H and O–H groups in total. The van der Waals surface area contributed by atoms with Gasteiger partial charge in [0.2, 0.25) is 22.7 Å². The van der Waals surface area contributed by atoms with Gasteiger partial charge in [-0.25, -0.2) is 17.9 Å². The standard InChI is InChI=1S/C19H19N3O7S/c23-18(20-10-12-3-6-15-17(8-12)28-11-27-15)2-1-7-21-30(25,26)13-4-5-14-16(9-13)29-19(24)22-14/h3-6,8-9,21H,1-2,7,10-11H2,(H,20,23)(H,22,24). The van der Waals surface area contributed by atoms with Gasteiger partial charge in [0.25, 0.3) is 0 Å². The first kappa shape index (κ1) is 20.0. The third kappa shape index (κ3) is 4.47. The summed E-state index contributed by atoms with van der Waals surface area (Å²) in [4.78, 5) is 25.6. The Kier molecular flexibility index (Phi) is 5.46. The van der Waals surface area contributed by atoms with Crippen molar-refractivity contribution in [1.29, 1.82) is 0 Å². The number of nitrogens with one attached hydrogen (secondary N) is 3. The molecule has 0 fully saturated rings. The Morgan fingerprint density at radius 3 is 2.80 bits per heavy atom. The van der Waals surface area contributed by atoms with Gasteiger partial charge in [-0.05, 0) is 36.2 Å². The summed E-state index contributed by atoms with van der Waals surface area (Å²) in [6.07, 6.45) is 0.493. The number of amides is 1. The van der Waals surface area contributed by atoms with E-state index in [1.807, 2.05) is 6.07 Å². The van der Waals surface area contributed by atoms with Gasteiger partial charge in [0.1, 0.15) is 0 Å². The number of sulfonamides is 1. The fraction of sp³-hybridized carbons (Fsp3) is 0.263. The molecule has 1 aliphatic rings. The molecule has 2 heterocycles. The molecule has 0 saturated carbocycles. The Hall–Kier alpha value is -3.31. The average molecular weight is 433 g/mol. The van der Waals surface area contributed by atoms with Crippen LogP contribution in [0.3, 0.4) is 0 Å². The summed E-state index contributed by atoms with van der Waals surface area (Å²) < 4.78 is 42.6. The fourth-order valence-electron chi connectivity index (χ4n) is 2.97. The molecule has 158 valence electrons. The molecule has 1 aliphatic heterocycles. The van der Waals surface area contributed by atoms with E-state index in [-0.39, 0.29) is 36.1 Å². The number of fused-ring (bicyclic) bond motifs is 2. The summed E-state index contributed by atoms with van der Waals surface area (Å²) in [5.74, 6) is 0.477. The maximum Gasteiger partial charge on any atom is 0.417 e. The van der Waals surface area contributed by atoms with Crippen molar-refractivity contribution >= 4 is 27.0 Å². The summed E-state index contributed by atoms with van der Waals surface area (Å²) in [5.41, 5.74) is 1.45. The Balaban J connectivity index is 1.23. The SMILES string of the molecule is O=C(CCCNS(=O)(=O)c1ccc2[nH]c(=O)oc2c1)NCc1ccc2c(c1)OCO2. The first-order chi connectivity index (χ1) is 14.4. The molecule has 30 heavy (non-hydrogen) atoms. The monoisotopic (exact) mass is 433 g/mol. The first-order valence-electron chi connectivity index (χ1n) is 9.18. The van der Waals surface area contributed by atoms with Gasteiger partial charge in [0, 0.05) is 25.6 Å². The molecule has 0 aliphatic carbocycles. The van der Waals surface area contributed by atoms with Crippen LogP contribution >= 0.6 is 0 Å². The number of aromatic nitrogens is 1. The average Bonchev–Trinajstić information content (AvgIpc) is 3.33. The summed E-state index contributed by atoms with van der Waals surface area (Å²) in [6, 6.07) is 9.53. The molecule has 0 bridgehead atoms. The highest BCUT2D eigenvalue weighted by Gasteiger charge is 2.16. The number of aromatic amines is 1. The molecule has 1 amide bonds. The minimum Gasteiger partial charge on any atom is -0.454 e. The maximum absolute atomic E-state index is 12.4. The van der Waals surface area contributed by atoms with Crippen LogP contribution in [0.4, 0.5) is 0 Å². The molecule has 0 atom stereocenters. The van der Waals surface area contributed by atoms with Gasteiger partial charge >= 0.3 is 5.76 Å². The molecule has 1 aromatic heterocycles. The summed E-state index contributed by atoms with van der Waals surface area (Å²) in [6.45, 7) is 0.618. The van der Waals surface area contributed by atoms with Crippen molar-refractivity contribution in [2.45, 2.75) is 24.3 Å². The molecule has 3 aromatic rings. The largest absolute Gasteiger partial charge is 0.454 e. The highest BCUT2D eigenvalue weighted by Crippen LogP contribution is 2.32. The number of carbonyl (C=O) groups is 1. The van der Waals surface area contributed by atoms with Crippen molar-refractivity contribution in [3.05, 3.63) is 52.5 Å². The minimum absolute atomic E-state index is 0.0231. The lowest BCUT2D eigenvalue weighted by molar-refractivity contribution is -0.121. The zero-order chi connectivity index (χ0) is 21.1. The van der Waals surface area contributed by atoms with Crippen LogP contribution in [0.1, 0.15) is 18.4 Å². The lowest BCUT2D eigenvalue weighted by atomic mass is 10.2. The van der Waals surface area contributed by atoms with Crippen LogP contribution in [0, 0.1) is 0 Å². The predicted molar refractivity (Wildman–Crippen MR) is 106 cm³/mol. The van der Waals surface area contributed by atoms with E-state index < -0.39 is 15.8 Å². The normalized spacial score (nSPS) is 12.9. The van der Waals surface area contributed by atoms with Crippen LogP contribution in [0.15, 0.2) is 50.5 Å². The highest BCUT2D eigenvalue weighted by atomic mass is 32.2.